The highest BCUT2D eigenvalue weighted by molar-refractivity contribution is 5.76. The number of rotatable bonds is 6. The molecule has 0 bridgehead atoms. The molecule has 2 saturated heterocycles. The lowest BCUT2D eigenvalue weighted by molar-refractivity contribution is -0.183. The number of carbonyl (C=O) groups is 1. The molecular weight excluding hydrogens is 352 g/mol. The Balaban J connectivity index is 1.58. The fourth-order valence-electron chi connectivity index (χ4n) is 4.78. The predicted molar refractivity (Wildman–Crippen MR) is 108 cm³/mol. The van der Waals surface area contributed by atoms with Crippen LogP contribution < -0.4 is 5.32 Å². The summed E-state index contributed by atoms with van der Waals surface area (Å²) in [4.78, 5) is 21.1. The third-order valence-corrected chi connectivity index (χ3v) is 6.08. The number of likely N-dealkylation sites (tertiary alicyclic amines) is 2. The summed E-state index contributed by atoms with van der Waals surface area (Å²) in [6.07, 6.45) is 2.73. The van der Waals surface area contributed by atoms with E-state index in [-0.39, 0.29) is 30.1 Å². The number of aliphatic hydroxyl groups excluding tert-OH is 1. The summed E-state index contributed by atoms with van der Waals surface area (Å²) in [6, 6.07) is 16.3. The van der Waals surface area contributed by atoms with E-state index in [0.717, 1.165) is 12.1 Å². The fourth-order valence-corrected chi connectivity index (χ4v) is 4.78. The first kappa shape index (κ1) is 18.9. The van der Waals surface area contributed by atoms with Crippen LogP contribution in [-0.2, 0) is 6.54 Å². The minimum absolute atomic E-state index is 0.00419. The normalized spacial score (nSPS) is 23.1. The molecule has 2 aromatic rings. The Morgan fingerprint density at radius 3 is 2.61 bits per heavy atom. The highest BCUT2D eigenvalue weighted by atomic mass is 16.3. The Labute approximate surface area is 166 Å². The van der Waals surface area contributed by atoms with Gasteiger partial charge >= 0.3 is 6.03 Å². The first-order chi connectivity index (χ1) is 13.7. The molecule has 3 heterocycles. The molecule has 0 aliphatic carbocycles. The minimum atomic E-state index is -0.143. The molecule has 0 radical (unpaired) electrons. The van der Waals surface area contributed by atoms with E-state index in [9.17, 15) is 9.90 Å². The van der Waals surface area contributed by atoms with Gasteiger partial charge in [0.05, 0.1) is 17.8 Å². The van der Waals surface area contributed by atoms with Crippen LogP contribution in [0.3, 0.4) is 0 Å². The van der Waals surface area contributed by atoms with Crippen molar-refractivity contribution in [3.8, 4) is 0 Å². The van der Waals surface area contributed by atoms with Crippen LogP contribution in [0.15, 0.2) is 54.7 Å². The lowest BCUT2D eigenvalue weighted by Crippen LogP contribution is -2.85. The van der Waals surface area contributed by atoms with E-state index in [1.54, 1.807) is 6.20 Å². The van der Waals surface area contributed by atoms with Gasteiger partial charge in [-0.25, -0.2) is 4.79 Å². The average Bonchev–Trinajstić information content (AvgIpc) is 2.70. The van der Waals surface area contributed by atoms with Gasteiger partial charge in [-0.15, -0.1) is 0 Å². The fraction of sp³-hybridized carbons (Fsp3) is 0.455. The zero-order valence-electron chi connectivity index (χ0n) is 16.3. The number of urea groups is 1. The summed E-state index contributed by atoms with van der Waals surface area (Å²) >= 11 is 0. The predicted octanol–water partition coefficient (Wildman–Crippen LogP) is 2.22. The number of pyridine rings is 1. The van der Waals surface area contributed by atoms with Crippen LogP contribution in [0, 0.1) is 0 Å². The van der Waals surface area contributed by atoms with E-state index >= 15 is 0 Å². The second kappa shape index (κ2) is 7.89. The number of nitrogens with zero attached hydrogens (tertiary/aromatic N) is 3. The maximum Gasteiger partial charge on any atom is 0.317 e. The number of aliphatic hydroxyl groups is 1. The molecule has 2 amide bonds. The van der Waals surface area contributed by atoms with Gasteiger partial charge in [0, 0.05) is 44.3 Å². The van der Waals surface area contributed by atoms with Crippen molar-refractivity contribution in [1.82, 2.24) is 20.1 Å². The molecule has 2 N–H and O–H groups in total. The monoisotopic (exact) mass is 380 g/mol. The van der Waals surface area contributed by atoms with E-state index in [2.05, 4.69) is 34.3 Å². The minimum Gasteiger partial charge on any atom is -0.395 e. The Morgan fingerprint density at radius 1 is 1.21 bits per heavy atom. The number of benzene rings is 1. The van der Waals surface area contributed by atoms with E-state index in [0.29, 0.717) is 26.2 Å². The second-order valence-corrected chi connectivity index (χ2v) is 7.78. The molecule has 6 heteroatoms. The standard InChI is InChI=1S/C22H28N4O2/c1-2-11-24-21(28)25-15-22(16-25)20(17-8-4-3-5-9-17)19(14-27)26(22)13-18-10-6-7-12-23-18/h3-10,12,19-20,27H,2,11,13-16H2,1H3,(H,24,28)/t19-,20+/m0/s1. The summed E-state index contributed by atoms with van der Waals surface area (Å²) in [5.41, 5.74) is 2.07. The smallest absolute Gasteiger partial charge is 0.317 e. The highest BCUT2D eigenvalue weighted by Crippen LogP contribution is 2.54. The van der Waals surface area contributed by atoms with Crippen LogP contribution in [0.2, 0.25) is 0 Å². The van der Waals surface area contributed by atoms with E-state index in [4.69, 9.17) is 0 Å². The molecule has 6 nitrogen and oxygen atoms in total. The quantitative estimate of drug-likeness (QED) is 0.806. The zero-order chi connectivity index (χ0) is 19.6. The topological polar surface area (TPSA) is 68.7 Å². The molecule has 0 unspecified atom stereocenters. The Morgan fingerprint density at radius 2 is 1.96 bits per heavy atom. The Bertz CT molecular complexity index is 793. The second-order valence-electron chi connectivity index (χ2n) is 7.78. The maximum absolute atomic E-state index is 12.4. The third kappa shape index (κ3) is 3.16. The van der Waals surface area contributed by atoms with Gasteiger partial charge in [-0.1, -0.05) is 43.3 Å². The van der Waals surface area contributed by atoms with Crippen molar-refractivity contribution >= 4 is 6.03 Å². The molecule has 0 saturated carbocycles. The summed E-state index contributed by atoms with van der Waals surface area (Å²) in [7, 11) is 0. The summed E-state index contributed by atoms with van der Waals surface area (Å²) in [6.45, 7) is 4.87. The molecule has 1 spiro atoms. The van der Waals surface area contributed by atoms with Gasteiger partial charge in [-0.2, -0.15) is 0 Å². The molecule has 1 aromatic carbocycles. The van der Waals surface area contributed by atoms with Crippen molar-refractivity contribution < 1.29 is 9.90 Å². The molecule has 4 rings (SSSR count). The van der Waals surface area contributed by atoms with Gasteiger partial charge in [0.2, 0.25) is 0 Å². The largest absolute Gasteiger partial charge is 0.395 e. The molecular formula is C22H28N4O2. The molecule has 2 aliphatic rings. The van der Waals surface area contributed by atoms with Crippen LogP contribution in [0.4, 0.5) is 4.79 Å². The third-order valence-electron chi connectivity index (χ3n) is 6.08. The van der Waals surface area contributed by atoms with Gasteiger partial charge in [0.25, 0.3) is 0 Å². The molecule has 28 heavy (non-hydrogen) atoms. The van der Waals surface area contributed by atoms with Crippen molar-refractivity contribution in [2.45, 2.75) is 37.4 Å². The van der Waals surface area contributed by atoms with E-state index in [1.807, 2.05) is 41.3 Å². The van der Waals surface area contributed by atoms with Gasteiger partial charge in [0.1, 0.15) is 0 Å². The van der Waals surface area contributed by atoms with Gasteiger partial charge < -0.3 is 15.3 Å². The summed E-state index contributed by atoms with van der Waals surface area (Å²) < 4.78 is 0. The number of aromatic nitrogens is 1. The Kier molecular flexibility index (Phi) is 5.33. The van der Waals surface area contributed by atoms with Crippen LogP contribution in [0.25, 0.3) is 0 Å². The van der Waals surface area contributed by atoms with Crippen LogP contribution >= 0.6 is 0 Å². The molecule has 2 aliphatic heterocycles. The lowest BCUT2D eigenvalue weighted by Gasteiger charge is -2.70. The highest BCUT2D eigenvalue weighted by Gasteiger charge is 2.66. The van der Waals surface area contributed by atoms with Crippen molar-refractivity contribution in [2.24, 2.45) is 0 Å². The van der Waals surface area contributed by atoms with Crippen LogP contribution in [0.1, 0.15) is 30.5 Å². The van der Waals surface area contributed by atoms with Gasteiger partial charge in [-0.05, 0) is 24.1 Å². The van der Waals surface area contributed by atoms with Gasteiger partial charge in [-0.3, -0.25) is 9.88 Å². The number of hydrogen-bond acceptors (Lipinski definition) is 4. The van der Waals surface area contributed by atoms with E-state index in [1.165, 1.54) is 5.56 Å². The summed E-state index contributed by atoms with van der Waals surface area (Å²) in [5, 5.41) is 13.1. The van der Waals surface area contributed by atoms with Crippen molar-refractivity contribution in [1.29, 1.82) is 0 Å². The average molecular weight is 380 g/mol. The zero-order valence-corrected chi connectivity index (χ0v) is 16.3. The first-order valence-electron chi connectivity index (χ1n) is 10.0. The Hall–Kier alpha value is -2.44. The molecule has 1 aromatic heterocycles. The lowest BCUT2D eigenvalue weighted by atomic mass is 9.60. The van der Waals surface area contributed by atoms with Crippen LogP contribution in [0.5, 0.6) is 0 Å². The number of nitrogens with one attached hydrogen (secondary N) is 1. The number of hydrogen-bond donors (Lipinski definition) is 2. The SMILES string of the molecule is CCCNC(=O)N1CC2(C1)[C@H](c1ccccc1)[C@H](CO)N2Cc1ccccn1. The van der Waals surface area contributed by atoms with E-state index < -0.39 is 0 Å². The number of amides is 2. The van der Waals surface area contributed by atoms with Crippen molar-refractivity contribution in [3.63, 3.8) is 0 Å². The molecule has 2 atom stereocenters. The van der Waals surface area contributed by atoms with Crippen molar-refractivity contribution in [3.05, 3.63) is 66.0 Å². The molecule has 148 valence electrons. The maximum atomic E-state index is 12.4. The molecule has 2 fully saturated rings. The van der Waals surface area contributed by atoms with Crippen molar-refractivity contribution in [2.75, 3.05) is 26.2 Å². The van der Waals surface area contributed by atoms with Crippen LogP contribution in [-0.4, -0.2) is 63.7 Å². The number of carbonyl (C=O) groups excluding carboxylic acids is 1. The van der Waals surface area contributed by atoms with Gasteiger partial charge in [0.15, 0.2) is 0 Å². The first-order valence-corrected chi connectivity index (χ1v) is 10.0. The summed E-state index contributed by atoms with van der Waals surface area (Å²) in [5.74, 6) is 0.206.